The highest BCUT2D eigenvalue weighted by molar-refractivity contribution is 9.10. The fourth-order valence-electron chi connectivity index (χ4n) is 3.08. The van der Waals surface area contributed by atoms with Crippen molar-refractivity contribution in [2.45, 2.75) is 11.8 Å². The van der Waals surface area contributed by atoms with E-state index in [0.29, 0.717) is 8.91 Å². The molecule has 0 saturated heterocycles. The van der Waals surface area contributed by atoms with Gasteiger partial charge >= 0.3 is 6.03 Å². The van der Waals surface area contributed by atoms with Gasteiger partial charge in [-0.1, -0.05) is 23.7 Å². The van der Waals surface area contributed by atoms with E-state index in [1.807, 2.05) is 0 Å². The van der Waals surface area contributed by atoms with Crippen LogP contribution in [-0.2, 0) is 10.0 Å². The number of fused-ring (bicyclic) bond motifs is 1. The summed E-state index contributed by atoms with van der Waals surface area (Å²) < 4.78 is 27.7. The van der Waals surface area contributed by atoms with Gasteiger partial charge in [0, 0.05) is 18.8 Å². The summed E-state index contributed by atoms with van der Waals surface area (Å²) in [6, 6.07) is 9.65. The molecule has 0 radical (unpaired) electrons. The van der Waals surface area contributed by atoms with Gasteiger partial charge in [0.2, 0.25) is 0 Å². The van der Waals surface area contributed by atoms with Gasteiger partial charge in [-0.3, -0.25) is 10.2 Å². The van der Waals surface area contributed by atoms with Gasteiger partial charge in [-0.05, 0) is 47.1 Å². The van der Waals surface area contributed by atoms with Crippen molar-refractivity contribution >= 4 is 55.2 Å². The topological polar surface area (TPSA) is 118 Å². The molecule has 0 saturated carbocycles. The van der Waals surface area contributed by atoms with Gasteiger partial charge in [0.05, 0.1) is 10.7 Å². The number of benzene rings is 1. The predicted octanol–water partition coefficient (Wildman–Crippen LogP) is 2.98. The number of nitrogens with one attached hydrogen (secondary N) is 1. The van der Waals surface area contributed by atoms with Gasteiger partial charge in [0.25, 0.3) is 15.9 Å². The first-order chi connectivity index (χ1) is 14.8. The van der Waals surface area contributed by atoms with Crippen LogP contribution in [0.3, 0.4) is 0 Å². The van der Waals surface area contributed by atoms with Crippen LogP contribution >= 0.6 is 27.5 Å². The van der Waals surface area contributed by atoms with Crippen molar-refractivity contribution in [3.8, 4) is 5.82 Å². The van der Waals surface area contributed by atoms with E-state index >= 15 is 0 Å². The zero-order valence-corrected chi connectivity index (χ0v) is 19.0. The van der Waals surface area contributed by atoms with Gasteiger partial charge in [0.15, 0.2) is 5.82 Å². The molecule has 160 valence electrons. The summed E-state index contributed by atoms with van der Waals surface area (Å²) in [5.74, 6) is -0.512. The van der Waals surface area contributed by atoms with Crippen LogP contribution < -0.4 is 10.4 Å². The monoisotopic (exact) mass is 524 g/mol. The third-order valence-corrected chi connectivity index (χ3v) is 7.01. The van der Waals surface area contributed by atoms with Gasteiger partial charge in [-0.15, -0.1) is 0 Å². The Labute approximate surface area is 190 Å². The van der Waals surface area contributed by atoms with Crippen LogP contribution in [0.1, 0.15) is 17.4 Å². The lowest BCUT2D eigenvalue weighted by molar-refractivity contribution is 0.0940. The number of pyridine rings is 1. The van der Waals surface area contributed by atoms with Gasteiger partial charge in [-0.2, -0.15) is 5.10 Å². The largest absolute Gasteiger partial charge is 0.357 e. The molecule has 1 aliphatic heterocycles. The molecule has 13 heteroatoms. The maximum Gasteiger partial charge on any atom is 0.357 e. The number of hydrogen-bond acceptors (Lipinski definition) is 6. The molecule has 0 spiro atoms. The summed E-state index contributed by atoms with van der Waals surface area (Å²) >= 11 is 9.41. The standard InChI is InChI=1S/C18H14BrClN6O4S/c1-2-24-18(28)26(12-7-3-4-8-14(12)31(24,29)30)23-17(27)13-10-15(19)22-25(13)16-11(20)6-5-9-21-16/h3-10H,2H2,1H3,(H,23,27). The first-order valence-electron chi connectivity index (χ1n) is 8.89. The second-order valence-electron chi connectivity index (χ2n) is 6.27. The lowest BCUT2D eigenvalue weighted by Crippen LogP contribution is -2.57. The van der Waals surface area contributed by atoms with Crippen LogP contribution in [0.25, 0.3) is 5.82 Å². The van der Waals surface area contributed by atoms with Crippen molar-refractivity contribution in [1.29, 1.82) is 0 Å². The van der Waals surface area contributed by atoms with Gasteiger partial charge < -0.3 is 0 Å². The Kier molecular flexibility index (Phi) is 5.45. The Bertz CT molecular complexity index is 1310. The number of anilines is 1. The molecular weight excluding hydrogens is 512 g/mol. The van der Waals surface area contributed by atoms with E-state index in [-0.39, 0.29) is 33.7 Å². The molecule has 0 unspecified atom stereocenters. The number of urea groups is 1. The Morgan fingerprint density at radius 2 is 1.97 bits per heavy atom. The molecule has 0 aliphatic carbocycles. The molecule has 2 aromatic heterocycles. The minimum Gasteiger partial charge on any atom is -0.266 e. The predicted molar refractivity (Wildman–Crippen MR) is 115 cm³/mol. The number of hydrogen-bond donors (Lipinski definition) is 1. The highest BCUT2D eigenvalue weighted by Gasteiger charge is 2.41. The second-order valence-corrected chi connectivity index (χ2v) is 9.32. The number of aromatic nitrogens is 3. The fourth-order valence-corrected chi connectivity index (χ4v) is 5.19. The number of hydrazine groups is 1. The number of amides is 3. The highest BCUT2D eigenvalue weighted by Crippen LogP contribution is 2.33. The first-order valence-corrected chi connectivity index (χ1v) is 11.5. The van der Waals surface area contributed by atoms with Crippen molar-refractivity contribution < 1.29 is 18.0 Å². The first kappa shape index (κ1) is 21.3. The van der Waals surface area contributed by atoms with Crippen LogP contribution in [0.4, 0.5) is 10.5 Å². The summed E-state index contributed by atoms with van der Waals surface area (Å²) in [6.45, 7) is 1.42. The highest BCUT2D eigenvalue weighted by atomic mass is 79.9. The van der Waals surface area contributed by atoms with Crippen molar-refractivity contribution in [1.82, 2.24) is 24.5 Å². The SMILES string of the molecule is CCN1C(=O)N(NC(=O)c2cc(Br)nn2-c2ncccc2Cl)c2ccccc2S1(=O)=O. The summed E-state index contributed by atoms with van der Waals surface area (Å²) in [5, 5.41) is 5.34. The molecule has 1 N–H and O–H groups in total. The average molecular weight is 526 g/mol. The number of para-hydroxylation sites is 1. The molecule has 3 heterocycles. The fraction of sp³-hybridized carbons (Fsp3) is 0.111. The normalized spacial score (nSPS) is 15.0. The maximum absolute atomic E-state index is 13.1. The average Bonchev–Trinajstić information content (AvgIpc) is 3.13. The number of carbonyl (C=O) groups is 2. The smallest absolute Gasteiger partial charge is 0.266 e. The van der Waals surface area contributed by atoms with E-state index in [0.717, 1.165) is 5.01 Å². The van der Waals surface area contributed by atoms with E-state index in [2.05, 4.69) is 31.4 Å². The summed E-state index contributed by atoms with van der Waals surface area (Å²) in [7, 11) is -4.03. The molecule has 1 aromatic carbocycles. The molecule has 31 heavy (non-hydrogen) atoms. The summed E-state index contributed by atoms with van der Waals surface area (Å²) in [5.41, 5.74) is 2.53. The van der Waals surface area contributed by atoms with Crippen LogP contribution in [0.2, 0.25) is 5.02 Å². The third-order valence-electron chi connectivity index (χ3n) is 4.43. The molecule has 0 atom stereocenters. The van der Waals surface area contributed by atoms with E-state index in [9.17, 15) is 18.0 Å². The van der Waals surface area contributed by atoms with Crippen molar-refractivity contribution in [3.63, 3.8) is 0 Å². The minimum absolute atomic E-state index is 0.0224. The molecule has 4 rings (SSSR count). The number of sulfonamides is 1. The Morgan fingerprint density at radius 1 is 1.23 bits per heavy atom. The quantitative estimate of drug-likeness (QED) is 0.560. The molecular formula is C18H14BrClN6O4S. The molecule has 0 bridgehead atoms. The summed E-state index contributed by atoms with van der Waals surface area (Å²) in [6.07, 6.45) is 1.49. The van der Waals surface area contributed by atoms with E-state index < -0.39 is 22.0 Å². The van der Waals surface area contributed by atoms with Crippen LogP contribution in [0.5, 0.6) is 0 Å². The molecule has 10 nitrogen and oxygen atoms in total. The van der Waals surface area contributed by atoms with E-state index in [1.54, 1.807) is 18.2 Å². The van der Waals surface area contributed by atoms with Crippen molar-refractivity contribution in [2.75, 3.05) is 11.6 Å². The second kappa shape index (κ2) is 7.94. The van der Waals surface area contributed by atoms with Gasteiger partial charge in [0.1, 0.15) is 15.2 Å². The number of nitrogens with zero attached hydrogens (tertiary/aromatic N) is 5. The lowest BCUT2D eigenvalue weighted by Gasteiger charge is -2.35. The Balaban J connectivity index is 1.76. The molecule has 3 aromatic rings. The molecule has 0 fully saturated rings. The molecule has 1 aliphatic rings. The number of carbonyl (C=O) groups excluding carboxylic acids is 2. The van der Waals surface area contributed by atoms with Crippen molar-refractivity contribution in [3.05, 3.63) is 64.0 Å². The third kappa shape index (κ3) is 3.56. The number of rotatable bonds is 4. The van der Waals surface area contributed by atoms with Crippen LogP contribution in [0.15, 0.2) is 58.2 Å². The Morgan fingerprint density at radius 3 is 2.68 bits per heavy atom. The summed E-state index contributed by atoms with van der Waals surface area (Å²) in [4.78, 5) is 30.1. The number of halogens is 2. The zero-order chi connectivity index (χ0) is 22.3. The van der Waals surface area contributed by atoms with E-state index in [4.69, 9.17) is 11.6 Å². The zero-order valence-electron chi connectivity index (χ0n) is 15.9. The van der Waals surface area contributed by atoms with Crippen LogP contribution in [0, 0.1) is 0 Å². The lowest BCUT2D eigenvalue weighted by atomic mass is 10.3. The van der Waals surface area contributed by atoms with Gasteiger partial charge in [-0.25, -0.2) is 32.2 Å². The Hall–Kier alpha value is -2.96. The van der Waals surface area contributed by atoms with E-state index in [1.165, 1.54) is 42.1 Å². The maximum atomic E-state index is 13.1. The van der Waals surface area contributed by atoms with Crippen LogP contribution in [-0.4, -0.2) is 46.0 Å². The van der Waals surface area contributed by atoms with Crippen molar-refractivity contribution in [2.24, 2.45) is 0 Å². The molecule has 3 amide bonds. The minimum atomic E-state index is -4.03.